The molecule has 0 amide bonds. The van der Waals surface area contributed by atoms with E-state index in [0.717, 1.165) is 35.0 Å². The van der Waals surface area contributed by atoms with Gasteiger partial charge >= 0.3 is 0 Å². The lowest BCUT2D eigenvalue weighted by atomic mass is 9.84. The van der Waals surface area contributed by atoms with E-state index in [9.17, 15) is 0 Å². The van der Waals surface area contributed by atoms with Crippen LogP contribution in [0.15, 0.2) is 6.20 Å². The summed E-state index contributed by atoms with van der Waals surface area (Å²) < 4.78 is 0. The molecule has 2 aliphatic rings. The van der Waals surface area contributed by atoms with Crippen molar-refractivity contribution in [2.75, 3.05) is 5.32 Å². The van der Waals surface area contributed by atoms with Crippen molar-refractivity contribution in [2.24, 2.45) is 17.8 Å². The van der Waals surface area contributed by atoms with Crippen molar-refractivity contribution >= 4 is 5.82 Å². The zero-order valence-electron chi connectivity index (χ0n) is 11.6. The molecule has 2 bridgehead atoms. The molecular weight excluding hydrogens is 222 g/mol. The first-order chi connectivity index (χ1) is 8.63. The first-order valence-electron chi connectivity index (χ1n) is 7.20. The number of fused-ring (bicyclic) bond motifs is 2. The number of rotatable bonds is 3. The van der Waals surface area contributed by atoms with Gasteiger partial charge in [0.25, 0.3) is 0 Å². The smallest absolute Gasteiger partial charge is 0.147 e. The van der Waals surface area contributed by atoms with Gasteiger partial charge in [-0.2, -0.15) is 0 Å². The Morgan fingerprint density at radius 3 is 2.78 bits per heavy atom. The molecule has 0 aliphatic heterocycles. The lowest BCUT2D eigenvalue weighted by Crippen LogP contribution is -2.30. The van der Waals surface area contributed by atoms with Gasteiger partial charge in [0.1, 0.15) is 5.82 Å². The molecule has 0 unspecified atom stereocenters. The first-order valence-corrected chi connectivity index (χ1v) is 7.20. The fourth-order valence-corrected chi connectivity index (χ4v) is 3.90. The summed E-state index contributed by atoms with van der Waals surface area (Å²) in [6.07, 6.45) is 7.63. The number of anilines is 1. The molecule has 1 aromatic heterocycles. The Bertz CT molecular complexity index is 443. The molecule has 3 rings (SSSR count). The Labute approximate surface area is 109 Å². The maximum atomic E-state index is 4.57. The minimum absolute atomic E-state index is 0.523. The fraction of sp³-hybridized carbons (Fsp3) is 0.733. The summed E-state index contributed by atoms with van der Waals surface area (Å²) in [6, 6.07) is 0.523. The topological polar surface area (TPSA) is 37.8 Å². The summed E-state index contributed by atoms with van der Waals surface area (Å²) in [5, 5.41) is 3.60. The van der Waals surface area contributed by atoms with Crippen LogP contribution in [0.1, 0.15) is 44.0 Å². The van der Waals surface area contributed by atoms with Gasteiger partial charge in [0.2, 0.25) is 0 Å². The van der Waals surface area contributed by atoms with Crippen LogP contribution >= 0.6 is 0 Å². The standard InChI is InChI=1S/C15H23N3/c1-9-8-16-11(3)15(17-9)18-10(2)14-7-12-4-5-13(14)6-12/h8,10,12-14H,4-7H2,1-3H3,(H,17,18)/t10-,12-,13-,14+/m0/s1. The number of hydrogen-bond donors (Lipinski definition) is 1. The SMILES string of the molecule is Cc1cnc(C)c(N[C@@H](C)[C@H]2C[C@H]3CC[C@H]2C3)n1. The fourth-order valence-electron chi connectivity index (χ4n) is 3.90. The Hall–Kier alpha value is -1.12. The van der Waals surface area contributed by atoms with E-state index in [4.69, 9.17) is 0 Å². The van der Waals surface area contributed by atoms with Gasteiger partial charge < -0.3 is 5.32 Å². The second-order valence-corrected chi connectivity index (χ2v) is 6.22. The van der Waals surface area contributed by atoms with Crippen molar-refractivity contribution in [3.63, 3.8) is 0 Å². The molecule has 98 valence electrons. The molecule has 0 spiro atoms. The Kier molecular flexibility index (Phi) is 3.00. The third-order valence-electron chi connectivity index (χ3n) is 4.88. The molecule has 0 radical (unpaired) electrons. The molecule has 3 heteroatoms. The van der Waals surface area contributed by atoms with Gasteiger partial charge in [-0.25, -0.2) is 4.98 Å². The molecule has 1 N–H and O–H groups in total. The minimum atomic E-state index is 0.523. The quantitative estimate of drug-likeness (QED) is 0.887. The number of aryl methyl sites for hydroxylation is 2. The highest BCUT2D eigenvalue weighted by molar-refractivity contribution is 5.40. The summed E-state index contributed by atoms with van der Waals surface area (Å²) in [7, 11) is 0. The van der Waals surface area contributed by atoms with E-state index in [1.54, 1.807) is 0 Å². The number of aromatic nitrogens is 2. The van der Waals surface area contributed by atoms with Crippen molar-refractivity contribution in [3.8, 4) is 0 Å². The van der Waals surface area contributed by atoms with Crippen molar-refractivity contribution in [3.05, 3.63) is 17.6 Å². The highest BCUT2D eigenvalue weighted by Gasteiger charge is 2.41. The van der Waals surface area contributed by atoms with Gasteiger partial charge in [-0.15, -0.1) is 0 Å². The van der Waals surface area contributed by atoms with Crippen LogP contribution in [0, 0.1) is 31.6 Å². The molecule has 1 heterocycles. The van der Waals surface area contributed by atoms with Crippen molar-refractivity contribution < 1.29 is 0 Å². The molecule has 18 heavy (non-hydrogen) atoms. The monoisotopic (exact) mass is 245 g/mol. The Balaban J connectivity index is 1.70. The second kappa shape index (κ2) is 4.52. The van der Waals surface area contributed by atoms with Crippen LogP contribution in [-0.4, -0.2) is 16.0 Å². The van der Waals surface area contributed by atoms with Crippen LogP contribution in [0.2, 0.25) is 0 Å². The van der Waals surface area contributed by atoms with Crippen LogP contribution in [0.3, 0.4) is 0 Å². The second-order valence-electron chi connectivity index (χ2n) is 6.22. The van der Waals surface area contributed by atoms with E-state index in [2.05, 4.69) is 22.2 Å². The average Bonchev–Trinajstić information content (AvgIpc) is 2.96. The maximum absolute atomic E-state index is 4.57. The van der Waals surface area contributed by atoms with E-state index >= 15 is 0 Å². The molecule has 2 saturated carbocycles. The summed E-state index contributed by atoms with van der Waals surface area (Å²) in [4.78, 5) is 8.95. The average molecular weight is 245 g/mol. The van der Waals surface area contributed by atoms with Crippen LogP contribution in [0.25, 0.3) is 0 Å². The molecule has 4 atom stereocenters. The molecular formula is C15H23N3. The maximum Gasteiger partial charge on any atom is 0.147 e. The van der Waals surface area contributed by atoms with Crippen LogP contribution in [0.4, 0.5) is 5.82 Å². The highest BCUT2D eigenvalue weighted by atomic mass is 15.0. The Morgan fingerprint density at radius 1 is 1.28 bits per heavy atom. The van der Waals surface area contributed by atoms with Gasteiger partial charge in [-0.05, 0) is 57.8 Å². The zero-order chi connectivity index (χ0) is 12.7. The van der Waals surface area contributed by atoms with Gasteiger partial charge in [0.05, 0.1) is 11.4 Å². The van der Waals surface area contributed by atoms with E-state index < -0.39 is 0 Å². The molecule has 2 aliphatic carbocycles. The lowest BCUT2D eigenvalue weighted by molar-refractivity contribution is 0.304. The van der Waals surface area contributed by atoms with Crippen LogP contribution < -0.4 is 5.32 Å². The number of nitrogens with one attached hydrogen (secondary N) is 1. The first kappa shape index (κ1) is 11.9. The highest BCUT2D eigenvalue weighted by Crippen LogP contribution is 2.49. The van der Waals surface area contributed by atoms with E-state index in [1.165, 1.54) is 25.7 Å². The molecule has 0 saturated heterocycles. The zero-order valence-corrected chi connectivity index (χ0v) is 11.6. The van der Waals surface area contributed by atoms with E-state index in [-0.39, 0.29) is 0 Å². The van der Waals surface area contributed by atoms with Crippen molar-refractivity contribution in [1.29, 1.82) is 0 Å². The Morgan fingerprint density at radius 2 is 2.11 bits per heavy atom. The predicted octanol–water partition coefficient (Wildman–Crippen LogP) is 3.33. The summed E-state index contributed by atoms with van der Waals surface area (Å²) in [6.45, 7) is 6.34. The molecule has 2 fully saturated rings. The lowest BCUT2D eigenvalue weighted by Gasteiger charge is -2.29. The molecule has 1 aromatic rings. The van der Waals surface area contributed by atoms with E-state index in [1.807, 2.05) is 20.0 Å². The predicted molar refractivity (Wildman–Crippen MR) is 73.5 cm³/mol. The minimum Gasteiger partial charge on any atom is -0.366 e. The summed E-state index contributed by atoms with van der Waals surface area (Å²) in [5.74, 6) is 3.78. The van der Waals surface area contributed by atoms with Crippen LogP contribution in [-0.2, 0) is 0 Å². The molecule has 0 aromatic carbocycles. The van der Waals surface area contributed by atoms with Crippen molar-refractivity contribution in [2.45, 2.75) is 52.5 Å². The summed E-state index contributed by atoms with van der Waals surface area (Å²) >= 11 is 0. The number of hydrogen-bond acceptors (Lipinski definition) is 3. The van der Waals surface area contributed by atoms with Crippen molar-refractivity contribution in [1.82, 2.24) is 9.97 Å². The third-order valence-corrected chi connectivity index (χ3v) is 4.88. The van der Waals surface area contributed by atoms with Crippen LogP contribution in [0.5, 0.6) is 0 Å². The number of nitrogens with zero attached hydrogens (tertiary/aromatic N) is 2. The largest absolute Gasteiger partial charge is 0.366 e. The van der Waals surface area contributed by atoms with Gasteiger partial charge in [-0.1, -0.05) is 6.42 Å². The van der Waals surface area contributed by atoms with E-state index in [0.29, 0.717) is 6.04 Å². The molecule has 3 nitrogen and oxygen atoms in total. The summed E-state index contributed by atoms with van der Waals surface area (Å²) in [5.41, 5.74) is 2.00. The van der Waals surface area contributed by atoms with Gasteiger partial charge in [0, 0.05) is 12.2 Å². The third kappa shape index (κ3) is 2.11. The van der Waals surface area contributed by atoms with Gasteiger partial charge in [-0.3, -0.25) is 4.98 Å². The normalized spacial score (nSPS) is 31.6. The van der Waals surface area contributed by atoms with Gasteiger partial charge in [0.15, 0.2) is 0 Å².